The quantitative estimate of drug-likeness (QED) is 0.140. The van der Waals surface area contributed by atoms with Crippen molar-refractivity contribution in [1.82, 2.24) is 5.32 Å². The summed E-state index contributed by atoms with van der Waals surface area (Å²) < 4.78 is 29.2. The molecule has 366 valence electrons. The Kier molecular flexibility index (Phi) is 21.1. The number of fused-ring (bicyclic) bond motifs is 4. The van der Waals surface area contributed by atoms with E-state index in [1.165, 1.54) is 7.11 Å². The molecule has 0 spiro atoms. The van der Waals surface area contributed by atoms with Gasteiger partial charge in [0.05, 0.1) is 30.5 Å². The Hall–Kier alpha value is -3.21. The maximum Gasteiger partial charge on any atom is 0.323 e. The number of cyclic esters (lactones) is 1. The van der Waals surface area contributed by atoms with E-state index in [-0.39, 0.29) is 48.3 Å². The lowest BCUT2D eigenvalue weighted by atomic mass is 9.78. The fourth-order valence-corrected chi connectivity index (χ4v) is 10.1. The molecule has 2 saturated heterocycles. The zero-order valence-corrected chi connectivity index (χ0v) is 40.5. The van der Waals surface area contributed by atoms with Crippen LogP contribution in [0.3, 0.4) is 0 Å². The van der Waals surface area contributed by atoms with Crippen LogP contribution in [0.4, 0.5) is 0 Å². The van der Waals surface area contributed by atoms with E-state index < -0.39 is 89.8 Å². The Balaban J connectivity index is 1.66. The molecule has 4 N–H and O–H groups in total. The molecule has 1 saturated carbocycles. The van der Waals surface area contributed by atoms with Gasteiger partial charge in [0.1, 0.15) is 30.1 Å². The summed E-state index contributed by atoms with van der Waals surface area (Å²) in [6.45, 7) is 12.7. The molecule has 14 heteroatoms. The molecule has 1 aliphatic carbocycles. The molecule has 16 atom stereocenters. The summed E-state index contributed by atoms with van der Waals surface area (Å²) in [5.74, 6) is -7.43. The first-order valence-electron chi connectivity index (χ1n) is 23.9. The number of ketones is 4. The van der Waals surface area contributed by atoms with Crippen LogP contribution >= 0.6 is 0 Å². The molecule has 3 aliphatic heterocycles. The zero-order chi connectivity index (χ0) is 48.2. The van der Waals surface area contributed by atoms with Gasteiger partial charge in [0.25, 0.3) is 5.78 Å². The summed E-state index contributed by atoms with van der Waals surface area (Å²) in [5.41, 5.74) is 1.28. The smallest absolute Gasteiger partial charge is 0.323 e. The number of piperidine rings is 1. The van der Waals surface area contributed by atoms with E-state index in [0.29, 0.717) is 63.4 Å². The number of methoxy groups -OCH3 is 3. The van der Waals surface area contributed by atoms with Gasteiger partial charge in [0, 0.05) is 51.9 Å². The molecule has 0 aromatic heterocycles. The van der Waals surface area contributed by atoms with Gasteiger partial charge in [-0.1, -0.05) is 71.1 Å². The third kappa shape index (κ3) is 14.6. The van der Waals surface area contributed by atoms with Crippen LogP contribution in [-0.2, 0) is 47.7 Å². The second kappa shape index (κ2) is 25.2. The Morgan fingerprint density at radius 3 is 2.22 bits per heavy atom. The number of aliphatic hydroxyl groups excluding tert-OH is 2. The van der Waals surface area contributed by atoms with Crippen LogP contribution in [0.15, 0.2) is 47.6 Å². The molecule has 65 heavy (non-hydrogen) atoms. The number of hydrogen-bond donors (Lipinski definition) is 4. The number of Topliss-reactive ketones (excluding diaryl/α,β-unsaturated/α-hetero) is 4. The molecular weight excluding hydrogens is 835 g/mol. The van der Waals surface area contributed by atoms with Crippen LogP contribution in [0.5, 0.6) is 0 Å². The predicted octanol–water partition coefficient (Wildman–Crippen LogP) is 5.88. The molecule has 4 bridgehead atoms. The van der Waals surface area contributed by atoms with Gasteiger partial charge in [-0.15, -0.1) is 0 Å². The molecule has 0 aromatic rings. The summed E-state index contributed by atoms with van der Waals surface area (Å²) in [7, 11) is 4.53. The van der Waals surface area contributed by atoms with Crippen LogP contribution in [0, 0.1) is 35.5 Å². The minimum atomic E-state index is -2.36. The van der Waals surface area contributed by atoms with Crippen molar-refractivity contribution in [2.45, 2.75) is 186 Å². The van der Waals surface area contributed by atoms with E-state index in [2.05, 4.69) is 5.32 Å². The molecule has 14 nitrogen and oxygen atoms in total. The molecule has 4 aliphatic rings. The van der Waals surface area contributed by atoms with E-state index in [4.69, 9.17) is 23.7 Å². The van der Waals surface area contributed by atoms with Crippen molar-refractivity contribution in [3.05, 3.63) is 47.6 Å². The molecule has 0 amide bonds. The van der Waals surface area contributed by atoms with Gasteiger partial charge in [-0.05, 0) is 107 Å². The van der Waals surface area contributed by atoms with Gasteiger partial charge in [0.2, 0.25) is 11.6 Å². The lowest BCUT2D eigenvalue weighted by Gasteiger charge is -2.42. The topological polar surface area (TPSA) is 204 Å². The van der Waals surface area contributed by atoms with Crippen LogP contribution in [0.2, 0.25) is 0 Å². The monoisotopic (exact) mass is 914 g/mol. The van der Waals surface area contributed by atoms with Gasteiger partial charge in [-0.2, -0.15) is 0 Å². The van der Waals surface area contributed by atoms with Gasteiger partial charge in [-0.3, -0.25) is 29.3 Å². The zero-order valence-electron chi connectivity index (χ0n) is 40.5. The Bertz CT molecular complexity index is 1760. The second-order valence-electron chi connectivity index (χ2n) is 19.6. The summed E-state index contributed by atoms with van der Waals surface area (Å²) in [6, 6.07) is -2.03. The average Bonchev–Trinajstić information content (AvgIpc) is 3.28. The minimum absolute atomic E-state index is 0.0183. The highest BCUT2D eigenvalue weighted by molar-refractivity contribution is 6.41. The number of carbonyl (C=O) groups is 5. The van der Waals surface area contributed by atoms with Crippen LogP contribution in [0.1, 0.15) is 126 Å². The van der Waals surface area contributed by atoms with E-state index in [9.17, 15) is 39.3 Å². The number of allylic oxidation sites excluding steroid dienone is 6. The maximum atomic E-state index is 14.1. The Labute approximate surface area is 387 Å². The van der Waals surface area contributed by atoms with E-state index >= 15 is 0 Å². The number of carbonyl (C=O) groups excluding carboxylic acids is 5. The number of rotatable bonds is 6. The van der Waals surface area contributed by atoms with Crippen molar-refractivity contribution < 1.29 is 63.0 Å². The highest BCUT2D eigenvalue weighted by atomic mass is 16.6. The molecule has 4 rings (SSSR count). The average molecular weight is 914 g/mol. The number of ether oxygens (including phenoxy) is 5. The van der Waals surface area contributed by atoms with Crippen molar-refractivity contribution in [1.29, 1.82) is 0 Å². The Morgan fingerprint density at radius 1 is 0.831 bits per heavy atom. The number of esters is 1. The fraction of sp³-hybridized carbons (Fsp3) is 0.745. The number of aliphatic hydroxyl groups is 3. The van der Waals surface area contributed by atoms with Crippen molar-refractivity contribution in [3.63, 3.8) is 0 Å². The number of hydrogen-bond acceptors (Lipinski definition) is 14. The van der Waals surface area contributed by atoms with Crippen LogP contribution < -0.4 is 5.32 Å². The molecule has 0 aromatic carbocycles. The van der Waals surface area contributed by atoms with Crippen LogP contribution in [-0.4, -0.2) is 126 Å². The third-order valence-electron chi connectivity index (χ3n) is 14.5. The van der Waals surface area contributed by atoms with E-state index in [0.717, 1.165) is 12.0 Å². The third-order valence-corrected chi connectivity index (χ3v) is 14.5. The lowest BCUT2D eigenvalue weighted by molar-refractivity contribution is -0.264. The largest absolute Gasteiger partial charge is 0.460 e. The fourth-order valence-electron chi connectivity index (χ4n) is 10.1. The highest BCUT2D eigenvalue weighted by Gasteiger charge is 2.52. The van der Waals surface area contributed by atoms with Crippen molar-refractivity contribution >= 4 is 29.1 Å². The first-order valence-corrected chi connectivity index (χ1v) is 23.9. The standard InChI is InChI=1S/C51H79NO13/c1-29-15-12-11-13-16-30(2)42(61-8)27-37-21-19-35(7)51(60,65-37)49(58)47(57)38-17-14-18-39(52-38)50(59)64-43(32(4)25-36-20-22-40(53)44(26-36)62-9)28-41(54)31(3)24-34(6)46(56)48(63-10)45(55)33(5)23-29/h11-13,15-16,24,29,31-33,35-40,42-44,46,48,52-53,56,60H,14,17-23,25-28H2,1-10H3/t29?,31?,32-,33?,35-,36?,37+,38?,39?,40?,42?,43?,44-,46?,48+,51-/m1/s1. The summed E-state index contributed by atoms with van der Waals surface area (Å²) >= 11 is 0. The maximum absolute atomic E-state index is 14.1. The number of nitrogens with one attached hydrogen (secondary N) is 1. The Morgan fingerprint density at radius 2 is 1.54 bits per heavy atom. The lowest BCUT2D eigenvalue weighted by Crippen LogP contribution is -2.60. The first-order chi connectivity index (χ1) is 30.7. The van der Waals surface area contributed by atoms with E-state index in [1.54, 1.807) is 41.1 Å². The van der Waals surface area contributed by atoms with Gasteiger partial charge in [0.15, 0.2) is 5.78 Å². The van der Waals surface area contributed by atoms with Gasteiger partial charge >= 0.3 is 5.97 Å². The van der Waals surface area contributed by atoms with Crippen molar-refractivity contribution in [2.24, 2.45) is 35.5 Å². The normalized spacial score (nSPS) is 38.9. The predicted molar refractivity (Wildman–Crippen MR) is 245 cm³/mol. The minimum Gasteiger partial charge on any atom is -0.460 e. The molecule has 3 fully saturated rings. The van der Waals surface area contributed by atoms with Crippen LogP contribution in [0.25, 0.3) is 0 Å². The second-order valence-corrected chi connectivity index (χ2v) is 19.6. The molecule has 10 unspecified atom stereocenters. The van der Waals surface area contributed by atoms with Gasteiger partial charge in [-0.25, -0.2) is 0 Å². The summed E-state index contributed by atoms with van der Waals surface area (Å²) in [6.07, 6.45) is 11.2. The molecule has 3 heterocycles. The summed E-state index contributed by atoms with van der Waals surface area (Å²) in [4.78, 5) is 69.7. The first kappa shape index (κ1) is 54.4. The van der Waals surface area contributed by atoms with Crippen molar-refractivity contribution in [3.8, 4) is 0 Å². The highest BCUT2D eigenvalue weighted by Crippen LogP contribution is 2.37. The van der Waals surface area contributed by atoms with Gasteiger partial charge < -0.3 is 39.0 Å². The SMILES string of the molecule is COC1C[C@@H]2CC[C@@H](C)[C@@](O)(O2)C(=O)C(=O)C2CCCC(N2)C(=O)OC([C@H](C)CC2CCC(O)[C@H](OC)C2)CC(=O)C(C)C=C(C)C(O)[C@@H](OC)C(=O)C(C)CC(C)C=CC=CC=C1C. The van der Waals surface area contributed by atoms with E-state index in [1.807, 2.05) is 58.1 Å². The van der Waals surface area contributed by atoms with Crippen molar-refractivity contribution in [2.75, 3.05) is 21.3 Å². The molecular formula is C51H79NO13. The molecule has 0 radical (unpaired) electrons. The summed E-state index contributed by atoms with van der Waals surface area (Å²) in [5, 5.41) is 36.7.